The number of rotatable bonds is 5. The molecule has 20 heavy (non-hydrogen) atoms. The van der Waals surface area contributed by atoms with Gasteiger partial charge in [0.15, 0.2) is 0 Å². The van der Waals surface area contributed by atoms with Crippen molar-refractivity contribution in [2.75, 3.05) is 7.05 Å². The molecule has 0 aliphatic heterocycles. The number of aryl methyl sites for hydroxylation is 3. The smallest absolute Gasteiger partial charge is 0.139 e. The summed E-state index contributed by atoms with van der Waals surface area (Å²) in [4.78, 5) is 10.5. The molecular formula is C16H21N3S. The SMILES string of the molecule is CNCc1c(C)nc(CSc2ccccc2C)nc1C. The quantitative estimate of drug-likeness (QED) is 0.855. The van der Waals surface area contributed by atoms with Crippen LogP contribution in [0.3, 0.4) is 0 Å². The maximum Gasteiger partial charge on any atom is 0.139 e. The summed E-state index contributed by atoms with van der Waals surface area (Å²) in [6.07, 6.45) is 0. The highest BCUT2D eigenvalue weighted by Crippen LogP contribution is 2.25. The van der Waals surface area contributed by atoms with E-state index in [1.165, 1.54) is 16.0 Å². The molecule has 0 bridgehead atoms. The molecule has 106 valence electrons. The Morgan fingerprint density at radius 1 is 1.05 bits per heavy atom. The largest absolute Gasteiger partial charge is 0.316 e. The number of thioether (sulfide) groups is 1. The van der Waals surface area contributed by atoms with Crippen LogP contribution < -0.4 is 5.32 Å². The summed E-state index contributed by atoms with van der Waals surface area (Å²) in [6, 6.07) is 8.42. The number of nitrogens with one attached hydrogen (secondary N) is 1. The molecule has 0 aliphatic carbocycles. The fourth-order valence-corrected chi connectivity index (χ4v) is 3.05. The van der Waals surface area contributed by atoms with E-state index in [4.69, 9.17) is 0 Å². The van der Waals surface area contributed by atoms with Crippen molar-refractivity contribution in [1.82, 2.24) is 15.3 Å². The number of aromatic nitrogens is 2. The van der Waals surface area contributed by atoms with Gasteiger partial charge in [-0.3, -0.25) is 0 Å². The van der Waals surface area contributed by atoms with Crippen LogP contribution in [0.25, 0.3) is 0 Å². The van der Waals surface area contributed by atoms with E-state index in [1.54, 1.807) is 11.8 Å². The van der Waals surface area contributed by atoms with Crippen LogP contribution in [0.1, 0.15) is 28.3 Å². The van der Waals surface area contributed by atoms with Gasteiger partial charge >= 0.3 is 0 Å². The van der Waals surface area contributed by atoms with Gasteiger partial charge in [0.25, 0.3) is 0 Å². The summed E-state index contributed by atoms with van der Waals surface area (Å²) in [5, 5.41) is 3.17. The molecule has 0 amide bonds. The molecule has 2 aromatic rings. The first-order valence-corrected chi connectivity index (χ1v) is 7.76. The van der Waals surface area contributed by atoms with E-state index in [9.17, 15) is 0 Å². The predicted molar refractivity (Wildman–Crippen MR) is 85.0 cm³/mol. The zero-order valence-corrected chi connectivity index (χ0v) is 13.3. The second kappa shape index (κ2) is 6.86. The number of benzene rings is 1. The Hall–Kier alpha value is -1.39. The zero-order valence-electron chi connectivity index (χ0n) is 12.5. The lowest BCUT2D eigenvalue weighted by Crippen LogP contribution is -2.12. The van der Waals surface area contributed by atoms with Crippen LogP contribution >= 0.6 is 11.8 Å². The Labute approximate surface area is 125 Å². The standard InChI is InChI=1S/C16H21N3S/c1-11-7-5-6-8-15(11)20-10-16-18-12(2)14(9-17-4)13(3)19-16/h5-8,17H,9-10H2,1-4H3. The lowest BCUT2D eigenvalue weighted by atomic mass is 10.1. The number of hydrogen-bond acceptors (Lipinski definition) is 4. The molecular weight excluding hydrogens is 266 g/mol. The van der Waals surface area contributed by atoms with Crippen LogP contribution in [0.15, 0.2) is 29.2 Å². The van der Waals surface area contributed by atoms with Crippen molar-refractivity contribution in [2.24, 2.45) is 0 Å². The summed E-state index contributed by atoms with van der Waals surface area (Å²) in [5.74, 6) is 1.72. The van der Waals surface area contributed by atoms with Gasteiger partial charge in [-0.05, 0) is 39.4 Å². The van der Waals surface area contributed by atoms with Crippen LogP contribution in [0.4, 0.5) is 0 Å². The maximum atomic E-state index is 4.63. The highest BCUT2D eigenvalue weighted by Gasteiger charge is 2.08. The van der Waals surface area contributed by atoms with Gasteiger partial charge in [-0.2, -0.15) is 0 Å². The van der Waals surface area contributed by atoms with E-state index in [2.05, 4.69) is 60.3 Å². The molecule has 3 nitrogen and oxygen atoms in total. The minimum atomic E-state index is 0.812. The molecule has 2 rings (SSSR count). The van der Waals surface area contributed by atoms with E-state index < -0.39 is 0 Å². The van der Waals surface area contributed by atoms with Gasteiger partial charge in [-0.15, -0.1) is 11.8 Å². The lowest BCUT2D eigenvalue weighted by Gasteiger charge is -2.10. The molecule has 0 saturated heterocycles. The Morgan fingerprint density at radius 3 is 2.30 bits per heavy atom. The lowest BCUT2D eigenvalue weighted by molar-refractivity contribution is 0.778. The number of nitrogens with zero attached hydrogens (tertiary/aromatic N) is 2. The van der Waals surface area contributed by atoms with Gasteiger partial charge in [0.05, 0.1) is 5.75 Å². The van der Waals surface area contributed by atoms with E-state index in [1.807, 2.05) is 7.05 Å². The summed E-state index contributed by atoms with van der Waals surface area (Å²) in [7, 11) is 1.95. The molecule has 1 aromatic heterocycles. The molecule has 0 atom stereocenters. The number of hydrogen-bond donors (Lipinski definition) is 1. The Balaban J connectivity index is 2.13. The first-order valence-electron chi connectivity index (χ1n) is 6.78. The highest BCUT2D eigenvalue weighted by atomic mass is 32.2. The molecule has 1 heterocycles. The van der Waals surface area contributed by atoms with Crippen LogP contribution in [-0.4, -0.2) is 17.0 Å². The average molecular weight is 287 g/mol. The summed E-state index contributed by atoms with van der Waals surface area (Å²) >= 11 is 1.80. The zero-order chi connectivity index (χ0) is 14.5. The minimum absolute atomic E-state index is 0.812. The monoisotopic (exact) mass is 287 g/mol. The van der Waals surface area contributed by atoms with Crippen LogP contribution in [0.5, 0.6) is 0 Å². The maximum absolute atomic E-state index is 4.63. The second-order valence-electron chi connectivity index (χ2n) is 4.87. The first-order chi connectivity index (χ1) is 9.61. The van der Waals surface area contributed by atoms with Crippen LogP contribution in [-0.2, 0) is 12.3 Å². The third-order valence-electron chi connectivity index (χ3n) is 3.27. The molecule has 0 saturated carbocycles. The van der Waals surface area contributed by atoms with Crippen molar-refractivity contribution in [2.45, 2.75) is 38.0 Å². The Morgan fingerprint density at radius 2 is 1.70 bits per heavy atom. The van der Waals surface area contributed by atoms with E-state index in [-0.39, 0.29) is 0 Å². The van der Waals surface area contributed by atoms with Gasteiger partial charge < -0.3 is 5.32 Å². The fourth-order valence-electron chi connectivity index (χ4n) is 2.17. The highest BCUT2D eigenvalue weighted by molar-refractivity contribution is 7.98. The van der Waals surface area contributed by atoms with Crippen molar-refractivity contribution < 1.29 is 0 Å². The Bertz CT molecular complexity index is 573. The van der Waals surface area contributed by atoms with Gasteiger partial charge in [0, 0.05) is 28.4 Å². The summed E-state index contributed by atoms with van der Waals surface area (Å²) in [5.41, 5.74) is 4.66. The third-order valence-corrected chi connectivity index (χ3v) is 4.44. The van der Waals surface area contributed by atoms with Gasteiger partial charge in [0.1, 0.15) is 5.82 Å². The minimum Gasteiger partial charge on any atom is -0.316 e. The van der Waals surface area contributed by atoms with Crippen molar-refractivity contribution >= 4 is 11.8 Å². The van der Waals surface area contributed by atoms with Crippen molar-refractivity contribution in [3.8, 4) is 0 Å². The summed E-state index contributed by atoms with van der Waals surface area (Å²) < 4.78 is 0. The van der Waals surface area contributed by atoms with E-state index in [0.717, 1.165) is 29.5 Å². The fraction of sp³-hybridized carbons (Fsp3) is 0.375. The second-order valence-corrected chi connectivity index (χ2v) is 5.89. The molecule has 0 aliphatic rings. The van der Waals surface area contributed by atoms with Gasteiger partial charge in [0.2, 0.25) is 0 Å². The molecule has 0 spiro atoms. The third kappa shape index (κ3) is 3.58. The van der Waals surface area contributed by atoms with E-state index >= 15 is 0 Å². The van der Waals surface area contributed by atoms with Crippen molar-refractivity contribution in [3.05, 3.63) is 52.6 Å². The molecule has 4 heteroatoms. The predicted octanol–water partition coefficient (Wildman–Crippen LogP) is 3.41. The van der Waals surface area contributed by atoms with E-state index in [0.29, 0.717) is 0 Å². The normalized spacial score (nSPS) is 10.8. The average Bonchev–Trinajstić information content (AvgIpc) is 2.42. The van der Waals surface area contributed by atoms with Crippen LogP contribution in [0, 0.1) is 20.8 Å². The molecule has 0 radical (unpaired) electrons. The van der Waals surface area contributed by atoms with Gasteiger partial charge in [-0.1, -0.05) is 18.2 Å². The topological polar surface area (TPSA) is 37.8 Å². The van der Waals surface area contributed by atoms with Crippen LogP contribution in [0.2, 0.25) is 0 Å². The molecule has 1 aromatic carbocycles. The Kier molecular flexibility index (Phi) is 5.15. The van der Waals surface area contributed by atoms with Crippen molar-refractivity contribution in [1.29, 1.82) is 0 Å². The first kappa shape index (κ1) is 15.0. The summed E-state index contributed by atoms with van der Waals surface area (Å²) in [6.45, 7) is 7.07. The molecule has 1 N–H and O–H groups in total. The van der Waals surface area contributed by atoms with Gasteiger partial charge in [-0.25, -0.2) is 9.97 Å². The molecule has 0 unspecified atom stereocenters. The molecule has 0 fully saturated rings. The van der Waals surface area contributed by atoms with Crippen molar-refractivity contribution in [3.63, 3.8) is 0 Å².